The highest BCUT2D eigenvalue weighted by molar-refractivity contribution is 6.10. The van der Waals surface area contributed by atoms with Gasteiger partial charge in [-0.3, -0.25) is 19.3 Å². The molecule has 4 aliphatic rings. The molecular weight excluding hydrogens is 484 g/mol. The number of imide groups is 1. The van der Waals surface area contributed by atoms with E-state index in [1.165, 1.54) is 14.0 Å². The number of esters is 1. The average molecular weight is 511 g/mol. The molecule has 0 radical (unpaired) electrons. The van der Waals surface area contributed by atoms with Crippen LogP contribution in [0.4, 0.5) is 5.69 Å². The van der Waals surface area contributed by atoms with Gasteiger partial charge in [0.25, 0.3) is 5.91 Å². The summed E-state index contributed by atoms with van der Waals surface area (Å²) in [7, 11) is 1.52. The molecule has 0 unspecified atom stereocenters. The Morgan fingerprint density at radius 3 is 1.87 bits per heavy atom. The Balaban J connectivity index is 1.20. The lowest BCUT2D eigenvalue weighted by Gasteiger charge is -2.45. The fourth-order valence-corrected chi connectivity index (χ4v) is 6.34. The molecule has 7 rings (SSSR count). The third-order valence-corrected chi connectivity index (χ3v) is 7.91. The number of ether oxygens (including phenoxy) is 2. The van der Waals surface area contributed by atoms with E-state index in [1.807, 2.05) is 48.5 Å². The first-order valence-corrected chi connectivity index (χ1v) is 12.6. The summed E-state index contributed by atoms with van der Waals surface area (Å²) >= 11 is 0. The van der Waals surface area contributed by atoms with Gasteiger partial charge in [0.1, 0.15) is 11.8 Å². The molecule has 8 nitrogen and oxygen atoms in total. The van der Waals surface area contributed by atoms with Crippen LogP contribution < -0.4 is 10.1 Å². The van der Waals surface area contributed by atoms with Gasteiger partial charge in [-0.15, -0.1) is 0 Å². The van der Waals surface area contributed by atoms with Crippen molar-refractivity contribution in [3.05, 3.63) is 95.1 Å². The van der Waals surface area contributed by atoms with Gasteiger partial charge in [-0.2, -0.15) is 0 Å². The number of carbonyl (C=O) groups is 4. The largest absolute Gasteiger partial charge is 0.497 e. The summed E-state index contributed by atoms with van der Waals surface area (Å²) in [6, 6.07) is 21.5. The number of amides is 3. The van der Waals surface area contributed by atoms with Crippen LogP contribution in [0.2, 0.25) is 0 Å². The van der Waals surface area contributed by atoms with E-state index in [4.69, 9.17) is 9.47 Å². The zero-order valence-electron chi connectivity index (χ0n) is 20.9. The van der Waals surface area contributed by atoms with Crippen molar-refractivity contribution in [2.45, 2.75) is 24.8 Å². The minimum Gasteiger partial charge on any atom is -0.497 e. The molecule has 3 aliphatic carbocycles. The quantitative estimate of drug-likeness (QED) is 0.403. The standard InChI is InChI=1S/C30H26N2O6/c1-16(30(36)38-15-23(33)31-17-8-7-9-18(14-17)37-2)32-28(34)26-24-19-10-3-4-11-20(19)25(27(26)29(32)35)22-13-6-5-12-21(22)24/h3-14,16,24-27H,15H2,1-2H3,(H,31,33)/t16-,24?,25?,26+,27+/m0/s1. The van der Waals surface area contributed by atoms with E-state index in [9.17, 15) is 19.2 Å². The van der Waals surface area contributed by atoms with Crippen LogP contribution in [-0.4, -0.2) is 48.3 Å². The summed E-state index contributed by atoms with van der Waals surface area (Å²) < 4.78 is 10.4. The molecule has 0 aromatic heterocycles. The predicted molar refractivity (Wildman–Crippen MR) is 137 cm³/mol. The molecule has 1 heterocycles. The van der Waals surface area contributed by atoms with Crippen molar-refractivity contribution in [1.29, 1.82) is 0 Å². The normalized spacial score (nSPS) is 23.3. The van der Waals surface area contributed by atoms with Crippen molar-refractivity contribution < 1.29 is 28.7 Å². The number of hydrogen-bond donors (Lipinski definition) is 1. The van der Waals surface area contributed by atoms with Crippen molar-refractivity contribution in [1.82, 2.24) is 4.90 Å². The molecule has 1 fully saturated rings. The fourth-order valence-electron chi connectivity index (χ4n) is 6.34. The highest BCUT2D eigenvalue weighted by Crippen LogP contribution is 2.61. The van der Waals surface area contributed by atoms with Crippen LogP contribution >= 0.6 is 0 Å². The first kappa shape index (κ1) is 23.9. The van der Waals surface area contributed by atoms with Crippen LogP contribution in [0.3, 0.4) is 0 Å². The van der Waals surface area contributed by atoms with E-state index < -0.39 is 36.4 Å². The number of anilines is 1. The zero-order valence-corrected chi connectivity index (χ0v) is 20.9. The molecule has 3 aromatic rings. The molecule has 38 heavy (non-hydrogen) atoms. The third kappa shape index (κ3) is 3.59. The second-order valence-electron chi connectivity index (χ2n) is 9.88. The molecule has 1 aliphatic heterocycles. The summed E-state index contributed by atoms with van der Waals surface area (Å²) in [5.74, 6) is -3.20. The minimum atomic E-state index is -1.16. The smallest absolute Gasteiger partial charge is 0.329 e. The van der Waals surface area contributed by atoms with Crippen LogP contribution in [0.15, 0.2) is 72.8 Å². The Kier molecular flexibility index (Phi) is 5.75. The number of nitrogens with zero attached hydrogens (tertiary/aromatic N) is 1. The Morgan fingerprint density at radius 1 is 0.842 bits per heavy atom. The van der Waals surface area contributed by atoms with Crippen molar-refractivity contribution in [3.8, 4) is 5.75 Å². The van der Waals surface area contributed by atoms with E-state index in [-0.39, 0.29) is 23.7 Å². The summed E-state index contributed by atoms with van der Waals surface area (Å²) in [5, 5.41) is 2.64. The lowest BCUT2D eigenvalue weighted by atomic mass is 9.55. The molecular formula is C30H26N2O6. The molecule has 192 valence electrons. The Hall–Kier alpha value is -4.46. The number of rotatable bonds is 6. The van der Waals surface area contributed by atoms with E-state index >= 15 is 0 Å². The topological polar surface area (TPSA) is 102 Å². The number of benzene rings is 3. The molecule has 0 spiro atoms. The highest BCUT2D eigenvalue weighted by atomic mass is 16.5. The van der Waals surface area contributed by atoms with Crippen molar-refractivity contribution in [2.75, 3.05) is 19.0 Å². The van der Waals surface area contributed by atoms with Gasteiger partial charge < -0.3 is 14.8 Å². The molecule has 0 saturated carbocycles. The van der Waals surface area contributed by atoms with E-state index in [2.05, 4.69) is 5.32 Å². The summed E-state index contributed by atoms with van der Waals surface area (Å²) in [6.45, 7) is 0.920. The van der Waals surface area contributed by atoms with Crippen LogP contribution in [0.1, 0.15) is 41.0 Å². The van der Waals surface area contributed by atoms with Crippen molar-refractivity contribution in [2.24, 2.45) is 11.8 Å². The second kappa shape index (κ2) is 9.13. The first-order valence-electron chi connectivity index (χ1n) is 12.6. The van der Waals surface area contributed by atoms with Gasteiger partial charge in [-0.25, -0.2) is 4.79 Å². The molecule has 1 N–H and O–H groups in total. The van der Waals surface area contributed by atoms with E-state index in [0.29, 0.717) is 11.4 Å². The van der Waals surface area contributed by atoms with Crippen molar-refractivity contribution in [3.63, 3.8) is 0 Å². The monoisotopic (exact) mass is 510 g/mol. The van der Waals surface area contributed by atoms with Crippen LogP contribution in [-0.2, 0) is 23.9 Å². The van der Waals surface area contributed by atoms with Gasteiger partial charge in [-0.05, 0) is 41.3 Å². The average Bonchev–Trinajstić information content (AvgIpc) is 3.21. The van der Waals surface area contributed by atoms with E-state index in [1.54, 1.807) is 24.3 Å². The second-order valence-corrected chi connectivity index (χ2v) is 9.88. The van der Waals surface area contributed by atoms with Gasteiger partial charge >= 0.3 is 5.97 Å². The van der Waals surface area contributed by atoms with Gasteiger partial charge in [0, 0.05) is 23.6 Å². The van der Waals surface area contributed by atoms with E-state index in [0.717, 1.165) is 27.2 Å². The maximum absolute atomic E-state index is 13.8. The molecule has 3 aromatic carbocycles. The number of nitrogens with one attached hydrogen (secondary N) is 1. The number of likely N-dealkylation sites (tertiary alicyclic amines) is 1. The molecule has 8 heteroatoms. The van der Waals surface area contributed by atoms with Gasteiger partial charge in [-0.1, -0.05) is 54.6 Å². The fraction of sp³-hybridized carbons (Fsp3) is 0.267. The number of methoxy groups -OCH3 is 1. The highest BCUT2D eigenvalue weighted by Gasteiger charge is 2.62. The molecule has 1 saturated heterocycles. The van der Waals surface area contributed by atoms with Crippen LogP contribution in [0.5, 0.6) is 5.75 Å². The Morgan fingerprint density at radius 2 is 1.37 bits per heavy atom. The van der Waals surface area contributed by atoms with Crippen LogP contribution in [0, 0.1) is 11.8 Å². The van der Waals surface area contributed by atoms with Gasteiger partial charge in [0.05, 0.1) is 18.9 Å². The summed E-state index contributed by atoms with van der Waals surface area (Å²) in [5.41, 5.74) is 4.73. The van der Waals surface area contributed by atoms with Gasteiger partial charge in [0.2, 0.25) is 11.8 Å². The predicted octanol–water partition coefficient (Wildman–Crippen LogP) is 3.46. The van der Waals surface area contributed by atoms with Gasteiger partial charge in [0.15, 0.2) is 6.61 Å². The molecule has 3 amide bonds. The molecule has 2 bridgehead atoms. The maximum Gasteiger partial charge on any atom is 0.329 e. The summed E-state index contributed by atoms with van der Waals surface area (Å²) in [6.07, 6.45) is 0. The number of carbonyl (C=O) groups excluding carboxylic acids is 4. The maximum atomic E-state index is 13.8. The van der Waals surface area contributed by atoms with Crippen LogP contribution in [0.25, 0.3) is 0 Å². The number of hydrogen-bond acceptors (Lipinski definition) is 6. The summed E-state index contributed by atoms with van der Waals surface area (Å²) in [4.78, 5) is 53.8. The SMILES string of the molecule is COc1cccc(NC(=O)COC(=O)[C@H](C)N2C(=O)[C@@H]3C4c5ccccc5C(c5ccccc54)[C@H]3C2=O)c1. The van der Waals surface area contributed by atoms with Crippen molar-refractivity contribution >= 4 is 29.4 Å². The zero-order chi connectivity index (χ0) is 26.6. The molecule has 3 atom stereocenters. The lowest BCUT2D eigenvalue weighted by Crippen LogP contribution is -2.45. The minimum absolute atomic E-state index is 0.254. The third-order valence-electron chi connectivity index (χ3n) is 7.91. The Labute approximate surface area is 219 Å². The lowest BCUT2D eigenvalue weighted by molar-refractivity contribution is -0.159. The first-order chi connectivity index (χ1) is 18.4. The Bertz CT molecular complexity index is 1370.